The molecular formula is C28H26N4O4. The van der Waals surface area contributed by atoms with Crippen LogP contribution in [0, 0.1) is 13.8 Å². The Morgan fingerprint density at radius 3 is 2.47 bits per heavy atom. The van der Waals surface area contributed by atoms with Crippen LogP contribution in [-0.2, 0) is 6.54 Å². The van der Waals surface area contributed by atoms with Gasteiger partial charge in [-0.1, -0.05) is 29.4 Å². The van der Waals surface area contributed by atoms with Gasteiger partial charge in [0.2, 0.25) is 11.7 Å². The molecule has 0 atom stereocenters. The minimum absolute atomic E-state index is 0.0199. The Labute approximate surface area is 207 Å². The van der Waals surface area contributed by atoms with Gasteiger partial charge in [-0.2, -0.15) is 4.98 Å². The smallest absolute Gasteiger partial charge is 0.336 e. The van der Waals surface area contributed by atoms with Gasteiger partial charge in [0.25, 0.3) is 5.56 Å². The molecule has 0 amide bonds. The van der Waals surface area contributed by atoms with Gasteiger partial charge in [-0.25, -0.2) is 9.36 Å². The number of aromatic nitrogens is 4. The fraction of sp³-hybridized carbons (Fsp3) is 0.214. The number of rotatable bonds is 6. The molecule has 0 saturated heterocycles. The van der Waals surface area contributed by atoms with Crippen LogP contribution in [-0.4, -0.2) is 25.4 Å². The first-order valence-electron chi connectivity index (χ1n) is 11.7. The van der Waals surface area contributed by atoms with Crippen LogP contribution in [0.25, 0.3) is 28.0 Å². The Kier molecular flexibility index (Phi) is 6.01. The lowest BCUT2D eigenvalue weighted by atomic mass is 10.1. The fourth-order valence-corrected chi connectivity index (χ4v) is 4.17. The van der Waals surface area contributed by atoms with Crippen LogP contribution in [0.5, 0.6) is 5.75 Å². The zero-order chi connectivity index (χ0) is 25.4. The van der Waals surface area contributed by atoms with E-state index >= 15 is 0 Å². The molecule has 8 heteroatoms. The van der Waals surface area contributed by atoms with Gasteiger partial charge < -0.3 is 9.26 Å². The third kappa shape index (κ3) is 4.33. The van der Waals surface area contributed by atoms with Crippen LogP contribution in [0.15, 0.2) is 80.8 Å². The second-order valence-electron chi connectivity index (χ2n) is 9.02. The maximum absolute atomic E-state index is 13.7. The Morgan fingerprint density at radius 2 is 1.72 bits per heavy atom. The lowest BCUT2D eigenvalue weighted by Crippen LogP contribution is -2.39. The lowest BCUT2D eigenvalue weighted by molar-refractivity contribution is 0.242. The van der Waals surface area contributed by atoms with E-state index in [0.29, 0.717) is 22.4 Å². The molecule has 2 aromatic heterocycles. The third-order valence-corrected chi connectivity index (χ3v) is 5.90. The van der Waals surface area contributed by atoms with E-state index in [0.717, 1.165) is 22.4 Å². The van der Waals surface area contributed by atoms with Crippen molar-refractivity contribution in [2.75, 3.05) is 0 Å². The second kappa shape index (κ2) is 9.30. The number of hydrogen-bond donors (Lipinski definition) is 0. The molecule has 0 aliphatic rings. The molecule has 0 aliphatic heterocycles. The molecule has 5 aromatic rings. The van der Waals surface area contributed by atoms with Gasteiger partial charge in [-0.05, 0) is 81.3 Å². The van der Waals surface area contributed by atoms with E-state index in [2.05, 4.69) is 10.1 Å². The number of fused-ring (bicyclic) bond motifs is 1. The Hall–Kier alpha value is -4.46. The maximum atomic E-state index is 13.7. The summed E-state index contributed by atoms with van der Waals surface area (Å²) in [6.45, 7) is 7.76. The molecule has 0 aliphatic carbocycles. The highest BCUT2D eigenvalue weighted by Crippen LogP contribution is 2.21. The summed E-state index contributed by atoms with van der Waals surface area (Å²) in [6.07, 6.45) is 0.0765. The Morgan fingerprint density at radius 1 is 0.972 bits per heavy atom. The van der Waals surface area contributed by atoms with Crippen molar-refractivity contribution in [1.82, 2.24) is 19.3 Å². The van der Waals surface area contributed by atoms with Gasteiger partial charge in [0.05, 0.1) is 22.7 Å². The van der Waals surface area contributed by atoms with Crippen LogP contribution in [0.4, 0.5) is 0 Å². The number of benzene rings is 3. The molecule has 0 radical (unpaired) electrons. The summed E-state index contributed by atoms with van der Waals surface area (Å²) in [4.78, 5) is 31.6. The second-order valence-corrected chi connectivity index (χ2v) is 9.02. The predicted octanol–water partition coefficient (Wildman–Crippen LogP) is 4.65. The number of nitrogens with zero attached hydrogens (tertiary/aromatic N) is 4. The normalized spacial score (nSPS) is 11.4. The predicted molar refractivity (Wildman–Crippen MR) is 138 cm³/mol. The van der Waals surface area contributed by atoms with Gasteiger partial charge in [-0.3, -0.25) is 9.36 Å². The fourth-order valence-electron chi connectivity index (χ4n) is 4.17. The summed E-state index contributed by atoms with van der Waals surface area (Å²) in [7, 11) is 0. The van der Waals surface area contributed by atoms with Gasteiger partial charge in [-0.15, -0.1) is 0 Å². The number of aryl methyl sites for hydroxylation is 2. The van der Waals surface area contributed by atoms with Gasteiger partial charge in [0.1, 0.15) is 12.3 Å². The van der Waals surface area contributed by atoms with Crippen LogP contribution < -0.4 is 16.0 Å². The van der Waals surface area contributed by atoms with E-state index < -0.39 is 5.69 Å². The summed E-state index contributed by atoms with van der Waals surface area (Å²) in [6, 6.07) is 20.1. The van der Waals surface area contributed by atoms with E-state index in [-0.39, 0.29) is 24.1 Å². The molecule has 2 heterocycles. The van der Waals surface area contributed by atoms with Gasteiger partial charge >= 0.3 is 5.69 Å². The van der Waals surface area contributed by atoms with Crippen molar-refractivity contribution < 1.29 is 9.26 Å². The SMILES string of the molecule is Cc1ccc(C)c(-n2c(=O)c3ccccc3n(Cc3nc(-c4ccc(OC(C)C)cc4)no3)c2=O)c1. The molecule has 0 saturated carbocycles. The van der Waals surface area contributed by atoms with Gasteiger partial charge in [0.15, 0.2) is 0 Å². The summed E-state index contributed by atoms with van der Waals surface area (Å²) < 4.78 is 13.9. The van der Waals surface area contributed by atoms with Crippen LogP contribution in [0.1, 0.15) is 30.9 Å². The van der Waals surface area contributed by atoms with Crippen molar-refractivity contribution in [1.29, 1.82) is 0 Å². The first-order valence-corrected chi connectivity index (χ1v) is 11.7. The van der Waals surface area contributed by atoms with E-state index in [4.69, 9.17) is 9.26 Å². The van der Waals surface area contributed by atoms with Crippen molar-refractivity contribution >= 4 is 10.9 Å². The van der Waals surface area contributed by atoms with Crippen LogP contribution in [0.3, 0.4) is 0 Å². The molecule has 5 rings (SSSR count). The molecular weight excluding hydrogens is 456 g/mol. The third-order valence-electron chi connectivity index (χ3n) is 5.90. The molecule has 0 spiro atoms. The monoisotopic (exact) mass is 482 g/mol. The van der Waals surface area contributed by atoms with E-state index in [1.165, 1.54) is 9.13 Å². The largest absolute Gasteiger partial charge is 0.491 e. The topological polar surface area (TPSA) is 92.2 Å². The lowest BCUT2D eigenvalue weighted by Gasteiger charge is -2.14. The Balaban J connectivity index is 1.58. The molecule has 182 valence electrons. The summed E-state index contributed by atoms with van der Waals surface area (Å²) in [5.41, 5.74) is 2.76. The van der Waals surface area contributed by atoms with Crippen molar-refractivity contribution in [3.05, 3.63) is 105 Å². The Bertz CT molecular complexity index is 1680. The molecule has 8 nitrogen and oxygen atoms in total. The quantitative estimate of drug-likeness (QED) is 0.350. The number of hydrogen-bond acceptors (Lipinski definition) is 6. The standard InChI is InChI=1S/C28H26N4O4/c1-17(2)35-21-13-11-20(12-14-21)26-29-25(36-30-26)16-31-23-8-6-5-7-22(23)27(33)32(28(31)34)24-15-18(3)9-10-19(24)4/h5-15,17H,16H2,1-4H3. The molecule has 0 unspecified atom stereocenters. The summed E-state index contributed by atoms with van der Waals surface area (Å²) in [5.74, 6) is 1.41. The van der Waals surface area contributed by atoms with Crippen molar-refractivity contribution in [3.63, 3.8) is 0 Å². The molecule has 0 fully saturated rings. The van der Waals surface area contributed by atoms with Crippen molar-refractivity contribution in [3.8, 4) is 22.8 Å². The average Bonchev–Trinajstić information content (AvgIpc) is 3.33. The average molecular weight is 483 g/mol. The molecule has 0 bridgehead atoms. The first kappa shape index (κ1) is 23.3. The summed E-state index contributed by atoms with van der Waals surface area (Å²) in [5, 5.41) is 4.53. The van der Waals surface area contributed by atoms with E-state index in [1.54, 1.807) is 24.3 Å². The van der Waals surface area contributed by atoms with Crippen molar-refractivity contribution in [2.24, 2.45) is 0 Å². The molecule has 36 heavy (non-hydrogen) atoms. The van der Waals surface area contributed by atoms with Crippen LogP contribution >= 0.6 is 0 Å². The maximum Gasteiger partial charge on any atom is 0.336 e. The zero-order valence-corrected chi connectivity index (χ0v) is 20.6. The highest BCUT2D eigenvalue weighted by Gasteiger charge is 2.18. The minimum atomic E-state index is -0.470. The minimum Gasteiger partial charge on any atom is -0.491 e. The number of para-hydroxylation sites is 1. The van der Waals surface area contributed by atoms with E-state index in [1.807, 2.05) is 70.2 Å². The first-order chi connectivity index (χ1) is 17.3. The van der Waals surface area contributed by atoms with Crippen molar-refractivity contribution in [2.45, 2.75) is 40.3 Å². The number of ether oxygens (including phenoxy) is 1. The molecule has 0 N–H and O–H groups in total. The highest BCUT2D eigenvalue weighted by atomic mass is 16.5. The van der Waals surface area contributed by atoms with Gasteiger partial charge in [0, 0.05) is 5.56 Å². The molecule has 3 aromatic carbocycles. The summed E-state index contributed by atoms with van der Waals surface area (Å²) >= 11 is 0. The highest BCUT2D eigenvalue weighted by molar-refractivity contribution is 5.78. The van der Waals surface area contributed by atoms with Crippen LogP contribution in [0.2, 0.25) is 0 Å². The zero-order valence-electron chi connectivity index (χ0n) is 20.6. The van der Waals surface area contributed by atoms with E-state index in [9.17, 15) is 9.59 Å².